The maximum atomic E-state index is 12.2. The number of benzene rings is 1. The van der Waals surface area contributed by atoms with Crippen LogP contribution in [-0.4, -0.2) is 13.4 Å². The molecule has 20 heavy (non-hydrogen) atoms. The maximum Gasteiger partial charge on any atom is 0.262 e. The summed E-state index contributed by atoms with van der Waals surface area (Å²) in [7, 11) is -3.76. The summed E-state index contributed by atoms with van der Waals surface area (Å²) in [6, 6.07) is 5.76. The lowest BCUT2D eigenvalue weighted by Gasteiger charge is -2.10. The molecule has 0 unspecified atom stereocenters. The zero-order valence-electron chi connectivity index (χ0n) is 10.4. The third-order valence-corrected chi connectivity index (χ3v) is 4.65. The Kier molecular flexibility index (Phi) is 4.08. The molecule has 106 valence electrons. The van der Waals surface area contributed by atoms with Gasteiger partial charge in [-0.2, -0.15) is 0 Å². The number of nitrogens with zero attached hydrogens (tertiary/aromatic N) is 1. The fourth-order valence-corrected chi connectivity index (χ4v) is 2.95. The summed E-state index contributed by atoms with van der Waals surface area (Å²) < 4.78 is 26.9. The predicted molar refractivity (Wildman–Crippen MR) is 80.7 cm³/mol. The normalized spacial score (nSPS) is 11.3. The van der Waals surface area contributed by atoms with Crippen LogP contribution in [0.3, 0.4) is 0 Å². The van der Waals surface area contributed by atoms with Gasteiger partial charge in [-0.15, -0.1) is 0 Å². The molecule has 0 aliphatic heterocycles. The number of rotatable bonds is 3. The summed E-state index contributed by atoms with van der Waals surface area (Å²) in [6.07, 6.45) is 1.33. The molecule has 1 heterocycles. The molecular weight excluding hydrogens is 321 g/mol. The van der Waals surface area contributed by atoms with Gasteiger partial charge in [-0.3, -0.25) is 4.72 Å². The third kappa shape index (κ3) is 3.15. The Morgan fingerprint density at radius 3 is 2.50 bits per heavy atom. The molecule has 0 amide bonds. The minimum Gasteiger partial charge on any atom is -0.397 e. The number of hydrogen-bond acceptors (Lipinski definition) is 4. The summed E-state index contributed by atoms with van der Waals surface area (Å²) in [4.78, 5) is 3.83. The first-order chi connectivity index (χ1) is 9.29. The molecule has 8 heteroatoms. The van der Waals surface area contributed by atoms with Crippen LogP contribution in [0, 0.1) is 6.92 Å². The van der Waals surface area contributed by atoms with Gasteiger partial charge in [0.05, 0.1) is 27.5 Å². The van der Waals surface area contributed by atoms with Crippen molar-refractivity contribution in [1.82, 2.24) is 4.98 Å². The lowest BCUT2D eigenvalue weighted by molar-refractivity contribution is 0.601. The third-order valence-electron chi connectivity index (χ3n) is 2.55. The van der Waals surface area contributed by atoms with Gasteiger partial charge in [0.2, 0.25) is 0 Å². The van der Waals surface area contributed by atoms with Crippen molar-refractivity contribution in [3.8, 4) is 0 Å². The molecule has 0 radical (unpaired) electrons. The molecule has 3 N–H and O–H groups in total. The van der Waals surface area contributed by atoms with E-state index in [-0.39, 0.29) is 15.7 Å². The maximum absolute atomic E-state index is 12.2. The first kappa shape index (κ1) is 14.9. The molecule has 0 fully saturated rings. The fraction of sp³-hybridized carbons (Fsp3) is 0.0833. The van der Waals surface area contributed by atoms with Gasteiger partial charge >= 0.3 is 0 Å². The highest BCUT2D eigenvalue weighted by Crippen LogP contribution is 2.27. The number of aryl methyl sites for hydroxylation is 1. The Balaban J connectivity index is 2.38. The molecular formula is C12H11Cl2N3O2S. The number of halogens is 2. The number of nitrogens with one attached hydrogen (secondary N) is 1. The van der Waals surface area contributed by atoms with E-state index in [4.69, 9.17) is 28.9 Å². The molecule has 0 spiro atoms. The smallest absolute Gasteiger partial charge is 0.262 e. The number of nitrogen functional groups attached to an aromatic ring is 1. The molecule has 0 bridgehead atoms. The number of sulfonamides is 1. The molecule has 1 aromatic carbocycles. The van der Waals surface area contributed by atoms with Crippen molar-refractivity contribution in [2.45, 2.75) is 11.8 Å². The summed E-state index contributed by atoms with van der Waals surface area (Å²) in [6.45, 7) is 1.68. The van der Waals surface area contributed by atoms with E-state index in [1.165, 1.54) is 30.5 Å². The van der Waals surface area contributed by atoms with Crippen LogP contribution in [0.5, 0.6) is 0 Å². The Labute approximate surface area is 126 Å². The van der Waals surface area contributed by atoms with E-state index in [9.17, 15) is 8.42 Å². The second kappa shape index (κ2) is 5.47. The average Bonchev–Trinajstić information content (AvgIpc) is 2.38. The Morgan fingerprint density at radius 2 is 1.95 bits per heavy atom. The fourth-order valence-electron chi connectivity index (χ4n) is 1.57. The monoisotopic (exact) mass is 331 g/mol. The molecule has 0 saturated carbocycles. The van der Waals surface area contributed by atoms with Gasteiger partial charge in [0.15, 0.2) is 0 Å². The first-order valence-electron chi connectivity index (χ1n) is 5.49. The van der Waals surface area contributed by atoms with E-state index in [0.29, 0.717) is 16.3 Å². The Bertz CT molecular complexity index is 723. The van der Waals surface area contributed by atoms with E-state index < -0.39 is 10.0 Å². The zero-order chi connectivity index (χ0) is 14.9. The van der Waals surface area contributed by atoms with Crippen LogP contribution >= 0.6 is 23.2 Å². The SMILES string of the molecule is Cc1cc(S(=O)(=O)Nc2ccc(Cl)nc2)cc(N)c1Cl. The van der Waals surface area contributed by atoms with Crippen molar-refractivity contribution >= 4 is 44.6 Å². The quantitative estimate of drug-likeness (QED) is 0.668. The van der Waals surface area contributed by atoms with Gasteiger partial charge in [-0.05, 0) is 36.8 Å². The molecule has 0 aliphatic carbocycles. The Morgan fingerprint density at radius 1 is 1.25 bits per heavy atom. The Hall–Kier alpha value is -1.50. The highest BCUT2D eigenvalue weighted by atomic mass is 35.5. The van der Waals surface area contributed by atoms with Crippen LogP contribution in [0.2, 0.25) is 10.2 Å². The number of pyridine rings is 1. The molecule has 2 rings (SSSR count). The van der Waals surface area contributed by atoms with Gasteiger partial charge in [0.25, 0.3) is 10.0 Å². The van der Waals surface area contributed by atoms with Crippen LogP contribution < -0.4 is 10.5 Å². The van der Waals surface area contributed by atoms with Crippen LogP contribution in [0.15, 0.2) is 35.4 Å². The van der Waals surface area contributed by atoms with Crippen molar-refractivity contribution < 1.29 is 8.42 Å². The van der Waals surface area contributed by atoms with Crippen LogP contribution in [-0.2, 0) is 10.0 Å². The minimum atomic E-state index is -3.76. The highest BCUT2D eigenvalue weighted by Gasteiger charge is 2.17. The van der Waals surface area contributed by atoms with E-state index in [1.807, 2.05) is 0 Å². The lowest BCUT2D eigenvalue weighted by Crippen LogP contribution is -2.13. The topological polar surface area (TPSA) is 85.1 Å². The summed E-state index contributed by atoms with van der Waals surface area (Å²) in [5.74, 6) is 0. The van der Waals surface area contributed by atoms with Crippen molar-refractivity contribution in [3.63, 3.8) is 0 Å². The van der Waals surface area contributed by atoms with Crippen molar-refractivity contribution in [1.29, 1.82) is 0 Å². The lowest BCUT2D eigenvalue weighted by atomic mass is 10.2. The zero-order valence-corrected chi connectivity index (χ0v) is 12.7. The molecule has 0 saturated heterocycles. The van der Waals surface area contributed by atoms with E-state index in [0.717, 1.165) is 0 Å². The number of nitrogens with two attached hydrogens (primary N) is 1. The van der Waals surface area contributed by atoms with Crippen LogP contribution in [0.4, 0.5) is 11.4 Å². The second-order valence-corrected chi connectivity index (χ2v) is 6.57. The van der Waals surface area contributed by atoms with Crippen molar-refractivity contribution in [2.75, 3.05) is 10.5 Å². The standard InChI is InChI=1S/C12H11Cl2N3O2S/c1-7-4-9(5-10(15)12(7)14)20(18,19)17-8-2-3-11(13)16-6-8/h2-6,17H,15H2,1H3. The molecule has 5 nitrogen and oxygen atoms in total. The van der Waals surface area contributed by atoms with Crippen molar-refractivity contribution in [3.05, 3.63) is 46.2 Å². The minimum absolute atomic E-state index is 0.0341. The molecule has 0 atom stereocenters. The molecule has 1 aromatic heterocycles. The largest absolute Gasteiger partial charge is 0.397 e. The number of anilines is 2. The van der Waals surface area contributed by atoms with Gasteiger partial charge in [-0.1, -0.05) is 23.2 Å². The van der Waals surface area contributed by atoms with Gasteiger partial charge in [0, 0.05) is 0 Å². The summed E-state index contributed by atoms with van der Waals surface area (Å²) in [5.41, 5.74) is 6.78. The number of hydrogen-bond donors (Lipinski definition) is 2. The van der Waals surface area contributed by atoms with Crippen molar-refractivity contribution in [2.24, 2.45) is 0 Å². The second-order valence-electron chi connectivity index (χ2n) is 4.12. The molecule has 0 aliphatic rings. The van der Waals surface area contributed by atoms with Gasteiger partial charge < -0.3 is 5.73 Å². The van der Waals surface area contributed by atoms with E-state index in [1.54, 1.807) is 6.92 Å². The van der Waals surface area contributed by atoms with Gasteiger partial charge in [-0.25, -0.2) is 13.4 Å². The average molecular weight is 332 g/mol. The highest BCUT2D eigenvalue weighted by molar-refractivity contribution is 7.92. The predicted octanol–water partition coefficient (Wildman–Crippen LogP) is 3.08. The number of aromatic nitrogens is 1. The van der Waals surface area contributed by atoms with E-state index in [2.05, 4.69) is 9.71 Å². The van der Waals surface area contributed by atoms with E-state index >= 15 is 0 Å². The first-order valence-corrected chi connectivity index (χ1v) is 7.73. The van der Waals surface area contributed by atoms with Crippen LogP contribution in [0.25, 0.3) is 0 Å². The molecule has 2 aromatic rings. The van der Waals surface area contributed by atoms with Crippen LogP contribution in [0.1, 0.15) is 5.56 Å². The summed E-state index contributed by atoms with van der Waals surface area (Å²) in [5, 5.41) is 0.622. The summed E-state index contributed by atoms with van der Waals surface area (Å²) >= 11 is 11.6. The van der Waals surface area contributed by atoms with Gasteiger partial charge in [0.1, 0.15) is 5.15 Å².